The Balaban J connectivity index is 1.57. The highest BCUT2D eigenvalue weighted by molar-refractivity contribution is 5.96. The van der Waals surface area contributed by atoms with Gasteiger partial charge in [0, 0.05) is 36.7 Å². The van der Waals surface area contributed by atoms with E-state index in [0.717, 1.165) is 11.1 Å². The first-order valence-corrected chi connectivity index (χ1v) is 11.7. The second kappa shape index (κ2) is 10.7. The molecule has 1 unspecified atom stereocenters. The van der Waals surface area contributed by atoms with Gasteiger partial charge in [-0.05, 0) is 37.1 Å². The minimum atomic E-state index is -0.391. The molecular weight excluding hydrogens is 432 g/mol. The van der Waals surface area contributed by atoms with E-state index in [1.165, 1.54) is 0 Å². The number of carbonyl (C=O) groups is 3. The quantitative estimate of drug-likeness (QED) is 0.614. The third-order valence-corrected chi connectivity index (χ3v) is 6.36. The Bertz CT molecular complexity index is 1070. The van der Waals surface area contributed by atoms with Crippen molar-refractivity contribution in [2.75, 3.05) is 32.9 Å². The van der Waals surface area contributed by atoms with Gasteiger partial charge in [-0.2, -0.15) is 0 Å². The number of ether oxygens (including phenoxy) is 2. The van der Waals surface area contributed by atoms with Crippen LogP contribution >= 0.6 is 0 Å². The van der Waals surface area contributed by atoms with Crippen LogP contribution in [0, 0.1) is 0 Å². The third kappa shape index (κ3) is 5.04. The lowest BCUT2D eigenvalue weighted by Gasteiger charge is -2.34. The summed E-state index contributed by atoms with van der Waals surface area (Å²) in [5.74, 6) is -0.793. The van der Waals surface area contributed by atoms with Crippen molar-refractivity contribution < 1.29 is 23.9 Å². The van der Waals surface area contributed by atoms with E-state index in [2.05, 4.69) is 0 Å². The zero-order valence-electron chi connectivity index (χ0n) is 19.7. The van der Waals surface area contributed by atoms with E-state index >= 15 is 0 Å². The van der Waals surface area contributed by atoms with Crippen molar-refractivity contribution >= 4 is 17.8 Å². The standard InChI is InChI=1S/C27H30N2O5/c1-3-34-27(32)25-19(2)29(24(30)17-23(25)21-7-5-4-6-8-21)18-20-9-11-22(12-10-20)26(31)28-13-15-33-16-14-28/h4-12,23H,3,13-18H2,1-2H3. The second-order valence-corrected chi connectivity index (χ2v) is 8.47. The maximum absolute atomic E-state index is 13.2. The maximum Gasteiger partial charge on any atom is 0.336 e. The number of allylic oxidation sites excluding steroid dienone is 1. The van der Waals surface area contributed by atoms with Gasteiger partial charge in [0.15, 0.2) is 0 Å². The highest BCUT2D eigenvalue weighted by Gasteiger charge is 2.36. The molecule has 2 aliphatic rings. The van der Waals surface area contributed by atoms with E-state index in [-0.39, 0.29) is 30.8 Å². The number of morpholine rings is 1. The van der Waals surface area contributed by atoms with E-state index in [1.807, 2.05) is 42.5 Å². The van der Waals surface area contributed by atoms with Crippen LogP contribution < -0.4 is 0 Å². The van der Waals surface area contributed by atoms with Crippen LogP contribution in [0.3, 0.4) is 0 Å². The first kappa shape index (κ1) is 23.7. The Morgan fingerprint density at radius 3 is 2.35 bits per heavy atom. The van der Waals surface area contributed by atoms with E-state index < -0.39 is 5.97 Å². The van der Waals surface area contributed by atoms with Gasteiger partial charge in [0.2, 0.25) is 5.91 Å². The zero-order valence-corrected chi connectivity index (χ0v) is 19.7. The van der Waals surface area contributed by atoms with Gasteiger partial charge in [0.1, 0.15) is 0 Å². The van der Waals surface area contributed by atoms with Crippen molar-refractivity contribution in [3.05, 3.63) is 82.6 Å². The Hall–Kier alpha value is -3.45. The predicted molar refractivity (Wildman–Crippen MR) is 127 cm³/mol. The Labute approximate surface area is 199 Å². The molecular formula is C27H30N2O5. The molecule has 1 saturated heterocycles. The van der Waals surface area contributed by atoms with Gasteiger partial charge in [-0.1, -0.05) is 42.5 Å². The lowest BCUT2D eigenvalue weighted by molar-refractivity contribution is -0.140. The minimum Gasteiger partial charge on any atom is -0.463 e. The molecule has 7 heteroatoms. The average Bonchev–Trinajstić information content (AvgIpc) is 2.87. The Kier molecular flexibility index (Phi) is 7.43. The minimum absolute atomic E-state index is 0.0183. The lowest BCUT2D eigenvalue weighted by Crippen LogP contribution is -2.40. The molecule has 1 atom stereocenters. The third-order valence-electron chi connectivity index (χ3n) is 6.36. The molecule has 4 rings (SSSR count). The summed E-state index contributed by atoms with van der Waals surface area (Å²) in [5.41, 5.74) is 3.54. The largest absolute Gasteiger partial charge is 0.463 e. The fraction of sp³-hybridized carbons (Fsp3) is 0.370. The number of carbonyl (C=O) groups excluding carboxylic acids is 3. The van der Waals surface area contributed by atoms with Gasteiger partial charge in [-0.3, -0.25) is 9.59 Å². The molecule has 0 bridgehead atoms. The molecule has 2 aliphatic heterocycles. The van der Waals surface area contributed by atoms with Crippen molar-refractivity contribution in [2.24, 2.45) is 0 Å². The number of nitrogens with zero attached hydrogens (tertiary/aromatic N) is 2. The number of esters is 1. The van der Waals surface area contributed by atoms with Crippen LogP contribution in [0.4, 0.5) is 0 Å². The molecule has 0 aromatic heterocycles. The predicted octanol–water partition coefficient (Wildman–Crippen LogP) is 3.51. The van der Waals surface area contributed by atoms with Crippen LogP contribution in [0.1, 0.15) is 47.7 Å². The summed E-state index contributed by atoms with van der Waals surface area (Å²) < 4.78 is 10.7. The molecule has 2 aromatic carbocycles. The van der Waals surface area contributed by atoms with Crippen molar-refractivity contribution in [3.8, 4) is 0 Å². The summed E-state index contributed by atoms with van der Waals surface area (Å²) in [4.78, 5) is 42.2. The monoisotopic (exact) mass is 462 g/mol. The summed E-state index contributed by atoms with van der Waals surface area (Å²) in [5, 5.41) is 0. The molecule has 1 fully saturated rings. The number of amides is 2. The number of benzene rings is 2. The zero-order chi connectivity index (χ0) is 24.1. The Morgan fingerprint density at radius 1 is 1.03 bits per heavy atom. The summed E-state index contributed by atoms with van der Waals surface area (Å²) in [6, 6.07) is 16.9. The van der Waals surface area contributed by atoms with E-state index in [0.29, 0.717) is 49.7 Å². The summed E-state index contributed by atoms with van der Waals surface area (Å²) in [6.45, 7) is 6.45. The fourth-order valence-corrected chi connectivity index (χ4v) is 4.53. The molecule has 0 aliphatic carbocycles. The first-order chi connectivity index (χ1) is 16.5. The molecule has 2 aromatic rings. The van der Waals surface area contributed by atoms with E-state index in [9.17, 15) is 14.4 Å². The van der Waals surface area contributed by atoms with Crippen LogP contribution in [0.5, 0.6) is 0 Å². The Morgan fingerprint density at radius 2 is 1.71 bits per heavy atom. The molecule has 0 saturated carbocycles. The SMILES string of the molecule is CCOC(=O)C1=C(C)N(Cc2ccc(C(=O)N3CCOCC3)cc2)C(=O)CC1c1ccccc1. The molecule has 0 radical (unpaired) electrons. The summed E-state index contributed by atoms with van der Waals surface area (Å²) >= 11 is 0. The first-order valence-electron chi connectivity index (χ1n) is 11.7. The van der Waals surface area contributed by atoms with Gasteiger partial charge < -0.3 is 19.3 Å². The van der Waals surface area contributed by atoms with Gasteiger partial charge in [0.05, 0.1) is 31.9 Å². The normalized spacial score (nSPS) is 18.8. The molecule has 34 heavy (non-hydrogen) atoms. The number of hydrogen-bond acceptors (Lipinski definition) is 5. The summed E-state index contributed by atoms with van der Waals surface area (Å²) in [7, 11) is 0. The van der Waals surface area contributed by atoms with Crippen molar-refractivity contribution in [3.63, 3.8) is 0 Å². The second-order valence-electron chi connectivity index (χ2n) is 8.47. The van der Waals surface area contributed by atoms with Gasteiger partial charge in [0.25, 0.3) is 5.91 Å². The summed E-state index contributed by atoms with van der Waals surface area (Å²) in [6.07, 6.45) is 0.198. The average molecular weight is 463 g/mol. The molecule has 2 amide bonds. The lowest BCUT2D eigenvalue weighted by atomic mass is 9.83. The van der Waals surface area contributed by atoms with Crippen LogP contribution in [-0.2, 0) is 25.6 Å². The molecule has 0 spiro atoms. The van der Waals surface area contributed by atoms with Crippen LogP contribution in [0.15, 0.2) is 65.9 Å². The van der Waals surface area contributed by atoms with Crippen LogP contribution in [0.2, 0.25) is 0 Å². The highest BCUT2D eigenvalue weighted by Crippen LogP contribution is 2.37. The molecule has 0 N–H and O–H groups in total. The smallest absolute Gasteiger partial charge is 0.336 e. The molecule has 2 heterocycles. The molecule has 178 valence electrons. The fourth-order valence-electron chi connectivity index (χ4n) is 4.53. The highest BCUT2D eigenvalue weighted by atomic mass is 16.5. The van der Waals surface area contributed by atoms with Crippen molar-refractivity contribution in [1.82, 2.24) is 9.80 Å². The van der Waals surface area contributed by atoms with Crippen molar-refractivity contribution in [1.29, 1.82) is 0 Å². The van der Waals surface area contributed by atoms with Gasteiger partial charge in [-0.15, -0.1) is 0 Å². The van der Waals surface area contributed by atoms with Crippen LogP contribution in [0.25, 0.3) is 0 Å². The topological polar surface area (TPSA) is 76.2 Å². The van der Waals surface area contributed by atoms with Gasteiger partial charge >= 0.3 is 5.97 Å². The number of hydrogen-bond donors (Lipinski definition) is 0. The number of rotatable bonds is 6. The molecule has 7 nitrogen and oxygen atoms in total. The van der Waals surface area contributed by atoms with E-state index in [4.69, 9.17) is 9.47 Å². The van der Waals surface area contributed by atoms with Crippen LogP contribution in [-0.4, -0.2) is 60.5 Å². The van der Waals surface area contributed by atoms with Gasteiger partial charge in [-0.25, -0.2) is 4.79 Å². The maximum atomic E-state index is 13.2. The van der Waals surface area contributed by atoms with Crippen molar-refractivity contribution in [2.45, 2.75) is 32.7 Å². The van der Waals surface area contributed by atoms with E-state index in [1.54, 1.807) is 35.8 Å².